The van der Waals surface area contributed by atoms with E-state index in [1.807, 2.05) is 20.8 Å². The van der Waals surface area contributed by atoms with Crippen LogP contribution in [-0.4, -0.2) is 5.54 Å². The summed E-state index contributed by atoms with van der Waals surface area (Å²) >= 11 is 5.88. The third-order valence-electron chi connectivity index (χ3n) is 1.86. The number of halogens is 2. The summed E-state index contributed by atoms with van der Waals surface area (Å²) in [6.45, 7) is 6.54. The molecule has 0 saturated heterocycles. The van der Waals surface area contributed by atoms with Crippen molar-refractivity contribution < 1.29 is 4.39 Å². The predicted molar refractivity (Wildman–Crippen MR) is 58.0 cm³/mol. The van der Waals surface area contributed by atoms with E-state index in [1.54, 1.807) is 12.1 Å². The molecule has 1 N–H and O–H groups in total. The SMILES string of the molecule is CC(C)(C)NCc1c(F)cccc1Cl. The molecule has 0 aliphatic rings. The van der Waals surface area contributed by atoms with Crippen LogP contribution in [-0.2, 0) is 6.54 Å². The van der Waals surface area contributed by atoms with Crippen LogP contribution >= 0.6 is 11.6 Å². The molecule has 1 nitrogen and oxygen atoms in total. The number of benzene rings is 1. The van der Waals surface area contributed by atoms with Gasteiger partial charge in [0.1, 0.15) is 5.82 Å². The zero-order chi connectivity index (χ0) is 10.8. The summed E-state index contributed by atoms with van der Waals surface area (Å²) < 4.78 is 13.3. The van der Waals surface area contributed by atoms with Crippen LogP contribution in [0.5, 0.6) is 0 Å². The fraction of sp³-hybridized carbons (Fsp3) is 0.455. The van der Waals surface area contributed by atoms with E-state index in [1.165, 1.54) is 6.07 Å². The van der Waals surface area contributed by atoms with E-state index < -0.39 is 0 Å². The lowest BCUT2D eigenvalue weighted by Crippen LogP contribution is -2.35. The second kappa shape index (κ2) is 4.28. The average Bonchev–Trinajstić information content (AvgIpc) is 2.01. The fourth-order valence-electron chi connectivity index (χ4n) is 1.05. The molecule has 0 amide bonds. The van der Waals surface area contributed by atoms with Gasteiger partial charge in [-0.2, -0.15) is 0 Å². The van der Waals surface area contributed by atoms with Crippen molar-refractivity contribution in [2.45, 2.75) is 32.9 Å². The number of hydrogen-bond acceptors (Lipinski definition) is 1. The highest BCUT2D eigenvalue weighted by Gasteiger charge is 2.12. The number of rotatable bonds is 2. The van der Waals surface area contributed by atoms with Crippen LogP contribution in [0.2, 0.25) is 5.02 Å². The molecule has 14 heavy (non-hydrogen) atoms. The first-order valence-electron chi connectivity index (χ1n) is 4.58. The van der Waals surface area contributed by atoms with Gasteiger partial charge in [0, 0.05) is 22.7 Å². The molecule has 0 bridgehead atoms. The van der Waals surface area contributed by atoms with Gasteiger partial charge in [-0.05, 0) is 32.9 Å². The van der Waals surface area contributed by atoms with Crippen LogP contribution in [0, 0.1) is 5.82 Å². The van der Waals surface area contributed by atoms with Gasteiger partial charge < -0.3 is 5.32 Å². The molecule has 0 radical (unpaired) electrons. The second-order valence-corrected chi connectivity index (χ2v) is 4.71. The van der Waals surface area contributed by atoms with Gasteiger partial charge >= 0.3 is 0 Å². The lowest BCUT2D eigenvalue weighted by Gasteiger charge is -2.21. The highest BCUT2D eigenvalue weighted by Crippen LogP contribution is 2.19. The normalized spacial score (nSPS) is 11.8. The molecular weight excluding hydrogens is 201 g/mol. The standard InChI is InChI=1S/C11H15ClFN/c1-11(2,3)14-7-8-9(12)5-4-6-10(8)13/h4-6,14H,7H2,1-3H3. The molecule has 0 heterocycles. The summed E-state index contributed by atoms with van der Waals surface area (Å²) in [7, 11) is 0. The van der Waals surface area contributed by atoms with Gasteiger partial charge in [0.2, 0.25) is 0 Å². The molecule has 0 aliphatic heterocycles. The fourth-order valence-corrected chi connectivity index (χ4v) is 1.28. The molecular formula is C11H15ClFN. The van der Waals surface area contributed by atoms with Crippen molar-refractivity contribution in [2.24, 2.45) is 0 Å². The van der Waals surface area contributed by atoms with Crippen molar-refractivity contribution in [3.05, 3.63) is 34.6 Å². The predicted octanol–water partition coefficient (Wildman–Crippen LogP) is 3.37. The van der Waals surface area contributed by atoms with Gasteiger partial charge in [0.05, 0.1) is 0 Å². The third kappa shape index (κ3) is 3.28. The summed E-state index contributed by atoms with van der Waals surface area (Å²) in [6.07, 6.45) is 0. The molecule has 0 unspecified atom stereocenters. The molecule has 0 fully saturated rings. The number of nitrogens with one attached hydrogen (secondary N) is 1. The van der Waals surface area contributed by atoms with Crippen molar-refractivity contribution in [1.29, 1.82) is 0 Å². The van der Waals surface area contributed by atoms with Crippen molar-refractivity contribution in [1.82, 2.24) is 5.32 Å². The van der Waals surface area contributed by atoms with Crippen LogP contribution in [0.15, 0.2) is 18.2 Å². The van der Waals surface area contributed by atoms with Crippen LogP contribution in [0.1, 0.15) is 26.3 Å². The summed E-state index contributed by atoms with van der Waals surface area (Å²) in [4.78, 5) is 0. The summed E-state index contributed by atoms with van der Waals surface area (Å²) in [5.41, 5.74) is 0.495. The summed E-state index contributed by atoms with van der Waals surface area (Å²) in [5, 5.41) is 3.67. The van der Waals surface area contributed by atoms with Gasteiger partial charge in [-0.1, -0.05) is 17.7 Å². The average molecular weight is 216 g/mol. The zero-order valence-corrected chi connectivity index (χ0v) is 9.45. The van der Waals surface area contributed by atoms with E-state index in [9.17, 15) is 4.39 Å². The Hall–Kier alpha value is -0.600. The van der Waals surface area contributed by atoms with E-state index in [4.69, 9.17) is 11.6 Å². The molecule has 0 aliphatic carbocycles. The molecule has 0 aromatic heterocycles. The Labute approximate surface area is 89.3 Å². The second-order valence-electron chi connectivity index (χ2n) is 4.30. The van der Waals surface area contributed by atoms with Crippen molar-refractivity contribution >= 4 is 11.6 Å². The van der Waals surface area contributed by atoms with Crippen LogP contribution < -0.4 is 5.32 Å². The monoisotopic (exact) mass is 215 g/mol. The first-order valence-corrected chi connectivity index (χ1v) is 4.96. The maximum atomic E-state index is 13.3. The van der Waals surface area contributed by atoms with Crippen molar-refractivity contribution in [3.8, 4) is 0 Å². The molecule has 3 heteroatoms. The zero-order valence-electron chi connectivity index (χ0n) is 8.70. The third-order valence-corrected chi connectivity index (χ3v) is 2.21. The Morgan fingerprint density at radius 3 is 2.50 bits per heavy atom. The minimum Gasteiger partial charge on any atom is -0.308 e. The molecule has 78 valence electrons. The van der Waals surface area contributed by atoms with Gasteiger partial charge in [0.15, 0.2) is 0 Å². The first-order chi connectivity index (χ1) is 6.40. The smallest absolute Gasteiger partial charge is 0.129 e. The van der Waals surface area contributed by atoms with E-state index in [2.05, 4.69) is 5.32 Å². The van der Waals surface area contributed by atoms with E-state index in [-0.39, 0.29) is 11.4 Å². The van der Waals surface area contributed by atoms with Gasteiger partial charge in [-0.25, -0.2) is 4.39 Å². The highest BCUT2D eigenvalue weighted by molar-refractivity contribution is 6.31. The summed E-state index contributed by atoms with van der Waals surface area (Å²) in [5.74, 6) is -0.255. The molecule has 1 rings (SSSR count). The Bertz CT molecular complexity index is 297. The number of hydrogen-bond donors (Lipinski definition) is 1. The van der Waals surface area contributed by atoms with Gasteiger partial charge in [-0.15, -0.1) is 0 Å². The minimum absolute atomic E-state index is 0.0361. The van der Waals surface area contributed by atoms with Gasteiger partial charge in [-0.3, -0.25) is 0 Å². The molecule has 1 aromatic carbocycles. The lowest BCUT2D eigenvalue weighted by molar-refractivity contribution is 0.418. The molecule has 0 atom stereocenters. The van der Waals surface area contributed by atoms with Crippen molar-refractivity contribution in [2.75, 3.05) is 0 Å². The van der Waals surface area contributed by atoms with E-state index in [0.29, 0.717) is 17.1 Å². The first kappa shape index (κ1) is 11.5. The maximum absolute atomic E-state index is 13.3. The molecule has 1 aromatic rings. The van der Waals surface area contributed by atoms with Crippen LogP contribution in [0.4, 0.5) is 4.39 Å². The van der Waals surface area contributed by atoms with Crippen LogP contribution in [0.3, 0.4) is 0 Å². The topological polar surface area (TPSA) is 12.0 Å². The van der Waals surface area contributed by atoms with E-state index in [0.717, 1.165) is 0 Å². The lowest BCUT2D eigenvalue weighted by atomic mass is 10.1. The minimum atomic E-state index is -0.255. The van der Waals surface area contributed by atoms with E-state index >= 15 is 0 Å². The largest absolute Gasteiger partial charge is 0.308 e. The Morgan fingerprint density at radius 1 is 1.36 bits per heavy atom. The maximum Gasteiger partial charge on any atom is 0.129 e. The Kier molecular flexibility index (Phi) is 3.51. The van der Waals surface area contributed by atoms with Crippen molar-refractivity contribution in [3.63, 3.8) is 0 Å². The van der Waals surface area contributed by atoms with Gasteiger partial charge in [0.25, 0.3) is 0 Å². The quantitative estimate of drug-likeness (QED) is 0.798. The molecule has 0 spiro atoms. The Balaban J connectivity index is 2.77. The summed E-state index contributed by atoms with van der Waals surface area (Å²) in [6, 6.07) is 4.73. The van der Waals surface area contributed by atoms with Crippen LogP contribution in [0.25, 0.3) is 0 Å². The molecule has 0 saturated carbocycles. The highest BCUT2D eigenvalue weighted by atomic mass is 35.5. The Morgan fingerprint density at radius 2 is 2.00 bits per heavy atom.